The van der Waals surface area contributed by atoms with Crippen LogP contribution in [0.2, 0.25) is 0 Å². The molecule has 4 heteroatoms. The van der Waals surface area contributed by atoms with Crippen molar-refractivity contribution < 1.29 is 9.50 Å². The van der Waals surface area contributed by atoms with Gasteiger partial charge in [-0.25, -0.2) is 4.39 Å². The minimum atomic E-state index is -0.515. The first kappa shape index (κ1) is 13.3. The second-order valence-electron chi connectivity index (χ2n) is 5.58. The smallest absolute Gasteiger partial charge is 0.189 e. The van der Waals surface area contributed by atoms with E-state index in [-0.39, 0.29) is 17.6 Å². The van der Waals surface area contributed by atoms with Gasteiger partial charge < -0.3 is 9.67 Å². The minimum Gasteiger partial charge on any atom is -0.392 e. The first-order valence-corrected chi connectivity index (χ1v) is 7.07. The van der Waals surface area contributed by atoms with Gasteiger partial charge in [-0.2, -0.15) is 0 Å². The van der Waals surface area contributed by atoms with Gasteiger partial charge in [0, 0.05) is 28.8 Å². The van der Waals surface area contributed by atoms with Crippen molar-refractivity contribution in [2.24, 2.45) is 0 Å². The fourth-order valence-electron chi connectivity index (χ4n) is 3.30. The first-order chi connectivity index (χ1) is 9.61. The van der Waals surface area contributed by atoms with Crippen molar-refractivity contribution in [3.05, 3.63) is 45.5 Å². The number of aromatic nitrogens is 1. The predicted octanol–water partition coefficient (Wildman–Crippen LogP) is 3.06. The lowest BCUT2D eigenvalue weighted by atomic mass is 10.1. The summed E-state index contributed by atoms with van der Waals surface area (Å²) in [5.41, 5.74) is 1.74. The number of aliphatic hydroxyl groups is 1. The van der Waals surface area contributed by atoms with Gasteiger partial charge in [0.25, 0.3) is 0 Å². The summed E-state index contributed by atoms with van der Waals surface area (Å²) in [5.74, 6) is -0.515. The maximum absolute atomic E-state index is 13.8. The second kappa shape index (κ2) is 5.02. The lowest BCUT2D eigenvalue weighted by Gasteiger charge is -2.21. The molecule has 0 amide bonds. The summed E-state index contributed by atoms with van der Waals surface area (Å²) < 4.78 is 15.9. The van der Waals surface area contributed by atoms with Crippen LogP contribution in [0.15, 0.2) is 23.0 Å². The Bertz CT molecular complexity index is 714. The summed E-state index contributed by atoms with van der Waals surface area (Å²) in [4.78, 5) is 12.1. The van der Waals surface area contributed by atoms with E-state index in [0.717, 1.165) is 24.1 Å². The summed E-state index contributed by atoms with van der Waals surface area (Å²) in [5, 5.41) is 9.65. The molecule has 0 aliphatic heterocycles. The van der Waals surface area contributed by atoms with Crippen molar-refractivity contribution in [3.8, 4) is 0 Å². The van der Waals surface area contributed by atoms with Crippen molar-refractivity contribution in [1.82, 2.24) is 4.57 Å². The Morgan fingerprint density at radius 3 is 2.65 bits per heavy atom. The highest BCUT2D eigenvalue weighted by molar-refractivity contribution is 5.80. The Balaban J connectivity index is 2.34. The first-order valence-electron chi connectivity index (χ1n) is 7.07. The van der Waals surface area contributed by atoms with Gasteiger partial charge in [0.15, 0.2) is 5.43 Å². The third-order valence-electron chi connectivity index (χ3n) is 4.27. The molecule has 0 radical (unpaired) electrons. The minimum absolute atomic E-state index is 0.157. The number of aryl methyl sites for hydroxylation is 1. The van der Waals surface area contributed by atoms with E-state index in [0.29, 0.717) is 11.4 Å². The van der Waals surface area contributed by atoms with Crippen LogP contribution in [0.5, 0.6) is 0 Å². The molecular formula is C16H18FNO2. The lowest BCUT2D eigenvalue weighted by molar-refractivity contribution is 0.276. The van der Waals surface area contributed by atoms with E-state index in [4.69, 9.17) is 0 Å². The summed E-state index contributed by atoms with van der Waals surface area (Å²) in [7, 11) is 0. The van der Waals surface area contributed by atoms with Crippen molar-refractivity contribution in [2.75, 3.05) is 0 Å². The summed E-state index contributed by atoms with van der Waals surface area (Å²) in [6.07, 6.45) is 4.55. The highest BCUT2D eigenvalue weighted by Gasteiger charge is 2.21. The van der Waals surface area contributed by atoms with E-state index in [1.165, 1.54) is 18.9 Å². The fraction of sp³-hybridized carbons (Fsp3) is 0.438. The number of hydrogen-bond acceptors (Lipinski definition) is 2. The third-order valence-corrected chi connectivity index (χ3v) is 4.27. The molecule has 0 spiro atoms. The van der Waals surface area contributed by atoms with Crippen LogP contribution in [0.3, 0.4) is 0 Å². The van der Waals surface area contributed by atoms with Crippen LogP contribution in [0.25, 0.3) is 10.9 Å². The van der Waals surface area contributed by atoms with Crippen LogP contribution in [0.1, 0.15) is 43.0 Å². The predicted molar refractivity (Wildman–Crippen MR) is 76.3 cm³/mol. The molecule has 20 heavy (non-hydrogen) atoms. The zero-order valence-corrected chi connectivity index (χ0v) is 11.5. The van der Waals surface area contributed by atoms with Gasteiger partial charge in [0.2, 0.25) is 0 Å². The Hall–Kier alpha value is -1.68. The molecule has 0 atom stereocenters. The number of rotatable bonds is 2. The monoisotopic (exact) mass is 275 g/mol. The molecule has 1 aromatic carbocycles. The Kier molecular flexibility index (Phi) is 3.34. The van der Waals surface area contributed by atoms with E-state index in [1.807, 2.05) is 6.92 Å². The molecule has 1 N–H and O–H groups in total. The molecule has 106 valence electrons. The molecular weight excluding hydrogens is 257 g/mol. The number of nitrogens with zero attached hydrogens (tertiary/aromatic N) is 1. The fourth-order valence-corrected chi connectivity index (χ4v) is 3.30. The molecule has 3 nitrogen and oxygen atoms in total. The van der Waals surface area contributed by atoms with E-state index in [2.05, 4.69) is 4.57 Å². The van der Waals surface area contributed by atoms with Crippen molar-refractivity contribution >= 4 is 10.9 Å². The molecule has 1 fully saturated rings. The maximum Gasteiger partial charge on any atom is 0.189 e. The average Bonchev–Trinajstić information content (AvgIpc) is 2.93. The van der Waals surface area contributed by atoms with Crippen LogP contribution in [-0.2, 0) is 6.61 Å². The SMILES string of the molecule is Cc1cc(=O)c2cc(F)c(CO)cc2n1C1CCCC1. The molecule has 2 aromatic rings. The van der Waals surface area contributed by atoms with Gasteiger partial charge >= 0.3 is 0 Å². The van der Waals surface area contributed by atoms with Crippen LogP contribution >= 0.6 is 0 Å². The second-order valence-corrected chi connectivity index (χ2v) is 5.58. The zero-order valence-electron chi connectivity index (χ0n) is 11.5. The average molecular weight is 275 g/mol. The number of aliphatic hydroxyl groups excluding tert-OH is 1. The third kappa shape index (κ3) is 2.04. The Morgan fingerprint density at radius 1 is 1.30 bits per heavy atom. The zero-order chi connectivity index (χ0) is 14.3. The largest absolute Gasteiger partial charge is 0.392 e. The number of halogens is 1. The maximum atomic E-state index is 13.8. The number of benzene rings is 1. The van der Waals surface area contributed by atoms with Gasteiger partial charge in [-0.05, 0) is 31.9 Å². The summed E-state index contributed by atoms with van der Waals surface area (Å²) >= 11 is 0. The topological polar surface area (TPSA) is 42.2 Å². The van der Waals surface area contributed by atoms with Crippen molar-refractivity contribution in [1.29, 1.82) is 0 Å². The van der Waals surface area contributed by atoms with E-state index in [1.54, 1.807) is 12.1 Å². The number of pyridine rings is 1. The van der Waals surface area contributed by atoms with E-state index in [9.17, 15) is 14.3 Å². The Morgan fingerprint density at radius 2 is 2.00 bits per heavy atom. The highest BCUT2D eigenvalue weighted by Crippen LogP contribution is 2.33. The lowest BCUT2D eigenvalue weighted by Crippen LogP contribution is -2.16. The van der Waals surface area contributed by atoms with E-state index < -0.39 is 5.82 Å². The molecule has 1 heterocycles. The molecule has 1 aliphatic carbocycles. The molecule has 1 aliphatic rings. The number of hydrogen-bond donors (Lipinski definition) is 1. The molecule has 0 saturated heterocycles. The van der Waals surface area contributed by atoms with Crippen LogP contribution < -0.4 is 5.43 Å². The number of fused-ring (bicyclic) bond motifs is 1. The summed E-state index contributed by atoms with van der Waals surface area (Å²) in [6, 6.07) is 4.83. The Labute approximate surface area is 116 Å². The van der Waals surface area contributed by atoms with Gasteiger partial charge in [-0.1, -0.05) is 12.8 Å². The van der Waals surface area contributed by atoms with Crippen LogP contribution in [0.4, 0.5) is 4.39 Å². The standard InChI is InChI=1S/C16H18FNO2/c1-10-6-16(20)13-8-14(17)11(9-19)7-15(13)18(10)12-4-2-3-5-12/h6-8,12,19H,2-5,9H2,1H3. The van der Waals surface area contributed by atoms with Crippen LogP contribution in [0, 0.1) is 12.7 Å². The van der Waals surface area contributed by atoms with Gasteiger partial charge in [-0.3, -0.25) is 4.79 Å². The van der Waals surface area contributed by atoms with Crippen LogP contribution in [-0.4, -0.2) is 9.67 Å². The van der Waals surface area contributed by atoms with Crippen molar-refractivity contribution in [3.63, 3.8) is 0 Å². The van der Waals surface area contributed by atoms with Gasteiger partial charge in [0.1, 0.15) is 5.82 Å². The van der Waals surface area contributed by atoms with Gasteiger partial charge in [-0.15, -0.1) is 0 Å². The molecule has 0 bridgehead atoms. The summed E-state index contributed by atoms with van der Waals surface area (Å²) in [6.45, 7) is 1.57. The van der Waals surface area contributed by atoms with Gasteiger partial charge in [0.05, 0.1) is 12.1 Å². The molecule has 3 rings (SSSR count). The molecule has 1 saturated carbocycles. The van der Waals surface area contributed by atoms with Crippen molar-refractivity contribution in [2.45, 2.75) is 45.3 Å². The van der Waals surface area contributed by atoms with E-state index >= 15 is 0 Å². The molecule has 1 aromatic heterocycles. The molecule has 0 unspecified atom stereocenters. The quantitative estimate of drug-likeness (QED) is 0.915. The highest BCUT2D eigenvalue weighted by atomic mass is 19.1. The normalized spacial score (nSPS) is 16.1.